The van der Waals surface area contributed by atoms with E-state index in [1.54, 1.807) is 52.0 Å². The van der Waals surface area contributed by atoms with Crippen molar-refractivity contribution in [2.75, 3.05) is 45.9 Å². The summed E-state index contributed by atoms with van der Waals surface area (Å²) < 4.78 is 10.4. The van der Waals surface area contributed by atoms with E-state index < -0.39 is 53.3 Å². The topological polar surface area (TPSA) is 176 Å². The normalized spacial score (nSPS) is 16.0. The lowest BCUT2D eigenvalue weighted by atomic mass is 9.97. The summed E-state index contributed by atoms with van der Waals surface area (Å²) in [6.07, 6.45) is -0.670. The summed E-state index contributed by atoms with van der Waals surface area (Å²) in [5.74, 6) is -3.77. The SMILES string of the molecule is CCOC(=O)N1CCN(C(=O)C(CCC(=O)OC(C)(C)C)NC(=O)c2cc(C(=O)N3CC(C(=O)O)C3)c3ccccc3n2)CC1. The fourth-order valence-corrected chi connectivity index (χ4v) is 5.13. The van der Waals surface area contributed by atoms with Crippen LogP contribution in [-0.4, -0.2) is 118 Å². The summed E-state index contributed by atoms with van der Waals surface area (Å²) in [5.41, 5.74) is -0.297. The number of carboxylic acids is 1. The number of likely N-dealkylation sites (tertiary alicyclic amines) is 1. The van der Waals surface area contributed by atoms with E-state index in [1.165, 1.54) is 20.8 Å². The molecular weight excluding hydrogens is 586 g/mol. The number of nitrogens with one attached hydrogen (secondary N) is 1. The van der Waals surface area contributed by atoms with Crippen LogP contribution in [0.15, 0.2) is 30.3 Å². The van der Waals surface area contributed by atoms with Crippen LogP contribution in [0, 0.1) is 5.92 Å². The van der Waals surface area contributed by atoms with E-state index in [9.17, 15) is 33.9 Å². The second-order valence-electron chi connectivity index (χ2n) is 12.0. The number of para-hydroxylation sites is 1. The molecule has 0 spiro atoms. The number of ether oxygens (including phenoxy) is 2. The van der Waals surface area contributed by atoms with E-state index in [4.69, 9.17) is 9.47 Å². The lowest BCUT2D eigenvalue weighted by Crippen LogP contribution is -2.56. The molecule has 4 amide bonds. The van der Waals surface area contributed by atoms with Gasteiger partial charge in [0.2, 0.25) is 5.91 Å². The zero-order valence-electron chi connectivity index (χ0n) is 25.9. The third-order valence-corrected chi connectivity index (χ3v) is 7.48. The molecule has 242 valence electrons. The van der Waals surface area contributed by atoms with Crippen molar-refractivity contribution in [3.8, 4) is 0 Å². The number of carboxylic acid groups (broad SMARTS) is 1. The van der Waals surface area contributed by atoms with Gasteiger partial charge in [0, 0.05) is 51.1 Å². The minimum atomic E-state index is -1.13. The van der Waals surface area contributed by atoms with Crippen molar-refractivity contribution < 1.29 is 43.3 Å². The van der Waals surface area contributed by atoms with Crippen LogP contribution in [-0.2, 0) is 23.9 Å². The molecule has 2 aromatic rings. The van der Waals surface area contributed by atoms with E-state index in [0.717, 1.165) is 0 Å². The van der Waals surface area contributed by atoms with Crippen molar-refractivity contribution in [3.63, 3.8) is 0 Å². The molecule has 2 aliphatic heterocycles. The molecule has 2 fully saturated rings. The second kappa shape index (κ2) is 13.9. The minimum Gasteiger partial charge on any atom is -0.481 e. The Morgan fingerprint density at radius 3 is 2.27 bits per heavy atom. The molecule has 1 aromatic carbocycles. The maximum Gasteiger partial charge on any atom is 0.409 e. The van der Waals surface area contributed by atoms with Gasteiger partial charge in [-0.1, -0.05) is 18.2 Å². The van der Waals surface area contributed by atoms with Gasteiger partial charge >= 0.3 is 18.0 Å². The Labute approximate surface area is 260 Å². The van der Waals surface area contributed by atoms with Crippen LogP contribution >= 0.6 is 0 Å². The molecule has 2 aliphatic rings. The van der Waals surface area contributed by atoms with Crippen molar-refractivity contribution in [1.82, 2.24) is 25.0 Å². The zero-order chi connectivity index (χ0) is 32.9. The lowest BCUT2D eigenvalue weighted by molar-refractivity contribution is -0.155. The molecule has 3 heterocycles. The van der Waals surface area contributed by atoms with Crippen LogP contribution in [0.3, 0.4) is 0 Å². The van der Waals surface area contributed by atoms with Gasteiger partial charge in [0.15, 0.2) is 0 Å². The highest BCUT2D eigenvalue weighted by Crippen LogP contribution is 2.25. The first-order valence-corrected chi connectivity index (χ1v) is 14.9. The number of pyridine rings is 1. The number of fused-ring (bicyclic) bond motifs is 1. The zero-order valence-corrected chi connectivity index (χ0v) is 25.9. The summed E-state index contributed by atoms with van der Waals surface area (Å²) in [7, 11) is 0. The number of carbonyl (C=O) groups excluding carboxylic acids is 5. The van der Waals surface area contributed by atoms with Crippen LogP contribution < -0.4 is 5.32 Å². The van der Waals surface area contributed by atoms with Gasteiger partial charge in [0.25, 0.3) is 11.8 Å². The number of esters is 1. The van der Waals surface area contributed by atoms with Crippen molar-refractivity contribution >= 4 is 46.7 Å². The van der Waals surface area contributed by atoms with Crippen molar-refractivity contribution in [2.45, 2.75) is 52.2 Å². The number of aliphatic carboxylic acids is 1. The Hall–Kier alpha value is -4.75. The van der Waals surface area contributed by atoms with E-state index >= 15 is 0 Å². The molecule has 14 nitrogen and oxygen atoms in total. The van der Waals surface area contributed by atoms with Crippen LogP contribution in [0.1, 0.15) is 61.4 Å². The molecule has 2 saturated heterocycles. The van der Waals surface area contributed by atoms with Crippen LogP contribution in [0.25, 0.3) is 10.9 Å². The van der Waals surface area contributed by atoms with E-state index in [1.807, 2.05) is 0 Å². The molecule has 45 heavy (non-hydrogen) atoms. The summed E-state index contributed by atoms with van der Waals surface area (Å²) in [6.45, 7) is 8.12. The van der Waals surface area contributed by atoms with Gasteiger partial charge in [-0.25, -0.2) is 9.78 Å². The lowest BCUT2D eigenvalue weighted by Gasteiger charge is -2.37. The van der Waals surface area contributed by atoms with Gasteiger partial charge in [-0.2, -0.15) is 0 Å². The highest BCUT2D eigenvalue weighted by atomic mass is 16.6. The van der Waals surface area contributed by atoms with Gasteiger partial charge in [0.1, 0.15) is 17.3 Å². The first kappa shape index (κ1) is 33.1. The number of piperazine rings is 1. The molecule has 0 radical (unpaired) electrons. The number of nitrogens with zero attached hydrogens (tertiary/aromatic N) is 4. The maximum atomic E-state index is 13.7. The van der Waals surface area contributed by atoms with Gasteiger partial charge in [0.05, 0.1) is 23.6 Å². The molecule has 1 unspecified atom stereocenters. The highest BCUT2D eigenvalue weighted by Gasteiger charge is 2.37. The molecular formula is C31H39N5O9. The number of carbonyl (C=O) groups is 6. The van der Waals surface area contributed by atoms with Crippen LogP contribution in [0.5, 0.6) is 0 Å². The number of rotatable bonds is 9. The third-order valence-electron chi connectivity index (χ3n) is 7.48. The fourth-order valence-electron chi connectivity index (χ4n) is 5.13. The van der Waals surface area contributed by atoms with Crippen molar-refractivity contribution in [3.05, 3.63) is 41.6 Å². The highest BCUT2D eigenvalue weighted by molar-refractivity contribution is 6.09. The summed E-state index contributed by atoms with van der Waals surface area (Å²) in [5, 5.41) is 12.4. The molecule has 1 atom stereocenters. The Kier molecular flexibility index (Phi) is 10.2. The van der Waals surface area contributed by atoms with Gasteiger partial charge in [-0.05, 0) is 46.2 Å². The standard InChI is InChI=1S/C31H39N5O9/c1-5-44-30(43)35-14-12-34(13-15-35)28(40)23(10-11-25(37)45-31(2,3)4)33-26(38)24-16-21(20-8-6-7-9-22(20)32-24)27(39)36-17-19(18-36)29(41)42/h6-9,16,19,23H,5,10-15,17-18H2,1-4H3,(H,33,38)(H,41,42). The predicted molar refractivity (Wildman–Crippen MR) is 160 cm³/mol. The number of aromatic nitrogens is 1. The fraction of sp³-hybridized carbons (Fsp3) is 0.516. The monoisotopic (exact) mass is 625 g/mol. The molecule has 0 bridgehead atoms. The van der Waals surface area contributed by atoms with Crippen LogP contribution in [0.2, 0.25) is 0 Å². The largest absolute Gasteiger partial charge is 0.481 e. The summed E-state index contributed by atoms with van der Waals surface area (Å²) in [6, 6.07) is 6.98. The second-order valence-corrected chi connectivity index (χ2v) is 12.0. The van der Waals surface area contributed by atoms with E-state index in [2.05, 4.69) is 10.3 Å². The first-order chi connectivity index (χ1) is 21.3. The molecule has 1 aromatic heterocycles. The molecule has 14 heteroatoms. The number of hydrogen-bond donors (Lipinski definition) is 2. The first-order valence-electron chi connectivity index (χ1n) is 14.9. The third kappa shape index (κ3) is 8.25. The number of benzene rings is 1. The average molecular weight is 626 g/mol. The summed E-state index contributed by atoms with van der Waals surface area (Å²) in [4.78, 5) is 85.4. The van der Waals surface area contributed by atoms with Crippen molar-refractivity contribution in [1.29, 1.82) is 0 Å². The van der Waals surface area contributed by atoms with Gasteiger partial charge in [-0.3, -0.25) is 24.0 Å². The number of amides is 4. The molecule has 0 saturated carbocycles. The Balaban J connectivity index is 1.55. The van der Waals surface area contributed by atoms with E-state index in [0.29, 0.717) is 10.9 Å². The molecule has 2 N–H and O–H groups in total. The van der Waals surface area contributed by atoms with Crippen LogP contribution in [0.4, 0.5) is 4.79 Å². The Morgan fingerprint density at radius 2 is 1.64 bits per heavy atom. The Morgan fingerprint density at radius 1 is 1.00 bits per heavy atom. The van der Waals surface area contributed by atoms with Crippen molar-refractivity contribution in [2.24, 2.45) is 5.92 Å². The average Bonchev–Trinajstić information content (AvgIpc) is 2.96. The van der Waals surface area contributed by atoms with Gasteiger partial charge in [-0.15, -0.1) is 0 Å². The molecule has 0 aliphatic carbocycles. The van der Waals surface area contributed by atoms with Gasteiger partial charge < -0.3 is 34.6 Å². The maximum absolute atomic E-state index is 13.7. The summed E-state index contributed by atoms with van der Waals surface area (Å²) >= 11 is 0. The molecule has 4 rings (SSSR count). The Bertz CT molecular complexity index is 1470. The minimum absolute atomic E-state index is 0.0526. The number of hydrogen-bond acceptors (Lipinski definition) is 9. The quantitative estimate of drug-likeness (QED) is 0.392. The van der Waals surface area contributed by atoms with E-state index in [-0.39, 0.29) is 70.0 Å². The smallest absolute Gasteiger partial charge is 0.409 e. The predicted octanol–water partition coefficient (Wildman–Crippen LogP) is 1.91.